The summed E-state index contributed by atoms with van der Waals surface area (Å²) in [4.78, 5) is 4.58. The average molecular weight is 443 g/mol. The maximum atomic E-state index is 12.8. The van der Waals surface area contributed by atoms with Crippen LogP contribution in [0.15, 0.2) is 47.5 Å². The van der Waals surface area contributed by atoms with Gasteiger partial charge >= 0.3 is 0 Å². The highest BCUT2D eigenvalue weighted by atomic mass is 32.2. The average Bonchev–Trinajstić information content (AvgIpc) is 3.18. The molecule has 0 aliphatic heterocycles. The van der Waals surface area contributed by atoms with E-state index in [2.05, 4.69) is 9.71 Å². The molecule has 2 aromatic heterocycles. The number of methoxy groups -OCH3 is 2. The molecule has 0 radical (unpaired) electrons. The molecule has 0 spiro atoms. The third-order valence-electron chi connectivity index (χ3n) is 5.45. The Bertz CT molecular complexity index is 1160. The maximum absolute atomic E-state index is 12.8. The smallest absolute Gasteiger partial charge is 0.240 e. The van der Waals surface area contributed by atoms with Crippen LogP contribution >= 0.6 is 0 Å². The molecule has 0 amide bonds. The highest BCUT2D eigenvalue weighted by Gasteiger charge is 2.23. The summed E-state index contributed by atoms with van der Waals surface area (Å²) < 4.78 is 40.5. The van der Waals surface area contributed by atoms with Crippen LogP contribution in [0.1, 0.15) is 24.1 Å². The molecule has 1 aliphatic carbocycles. The van der Waals surface area contributed by atoms with Crippen LogP contribution in [0.25, 0.3) is 11.4 Å². The molecule has 31 heavy (non-hydrogen) atoms. The summed E-state index contributed by atoms with van der Waals surface area (Å²) in [5.41, 5.74) is 4.16. The first kappa shape index (κ1) is 21.3. The third-order valence-corrected chi connectivity index (χ3v) is 6.90. The molecule has 9 heteroatoms. The predicted molar refractivity (Wildman–Crippen MR) is 117 cm³/mol. The van der Waals surface area contributed by atoms with Gasteiger partial charge < -0.3 is 9.47 Å². The zero-order chi connectivity index (χ0) is 21.8. The van der Waals surface area contributed by atoms with Crippen molar-refractivity contribution in [1.29, 1.82) is 0 Å². The number of sulfonamides is 1. The molecule has 3 aromatic rings. The van der Waals surface area contributed by atoms with Gasteiger partial charge in [0, 0.05) is 30.1 Å². The van der Waals surface area contributed by atoms with E-state index in [1.54, 1.807) is 12.3 Å². The summed E-state index contributed by atoms with van der Waals surface area (Å²) in [5.74, 6) is 0.846. The standard InChI is InChI=1S/C22H26N4O4S/c1-29-20-11-10-16(15-21(20)30-2)31(27,28)24-13-14-26-19-9-4-3-7-17(19)22(25-26)18-8-5-6-12-23-18/h5-6,8,10-12,15,24H,3-4,7,9,13-14H2,1-2H3. The Morgan fingerprint density at radius 3 is 2.61 bits per heavy atom. The van der Waals surface area contributed by atoms with E-state index in [0.29, 0.717) is 18.0 Å². The minimum atomic E-state index is -3.69. The topological polar surface area (TPSA) is 95.3 Å². The van der Waals surface area contributed by atoms with Crippen molar-refractivity contribution in [2.75, 3.05) is 20.8 Å². The molecule has 0 bridgehead atoms. The molecule has 4 rings (SSSR count). The second-order valence-corrected chi connectivity index (χ2v) is 9.10. The number of fused-ring (bicyclic) bond motifs is 1. The van der Waals surface area contributed by atoms with Gasteiger partial charge in [0.05, 0.1) is 31.4 Å². The summed E-state index contributed by atoms with van der Waals surface area (Å²) in [5, 5.41) is 4.79. The molecule has 0 fully saturated rings. The zero-order valence-electron chi connectivity index (χ0n) is 17.7. The lowest BCUT2D eigenvalue weighted by Crippen LogP contribution is -2.28. The van der Waals surface area contributed by atoms with E-state index in [1.165, 1.54) is 37.6 Å². The molecule has 1 aliphatic rings. The van der Waals surface area contributed by atoms with Gasteiger partial charge in [-0.15, -0.1) is 0 Å². The van der Waals surface area contributed by atoms with E-state index in [9.17, 15) is 8.42 Å². The van der Waals surface area contributed by atoms with E-state index in [-0.39, 0.29) is 11.4 Å². The number of ether oxygens (including phenoxy) is 2. The monoisotopic (exact) mass is 442 g/mol. The Morgan fingerprint density at radius 2 is 1.87 bits per heavy atom. The minimum Gasteiger partial charge on any atom is -0.493 e. The quantitative estimate of drug-likeness (QED) is 0.576. The molecule has 164 valence electrons. The van der Waals surface area contributed by atoms with Crippen molar-refractivity contribution in [3.05, 3.63) is 53.9 Å². The number of nitrogens with zero attached hydrogens (tertiary/aromatic N) is 3. The summed E-state index contributed by atoms with van der Waals surface area (Å²) in [7, 11) is -0.712. The van der Waals surface area contributed by atoms with Crippen molar-refractivity contribution in [3.63, 3.8) is 0 Å². The summed E-state index contributed by atoms with van der Waals surface area (Å²) in [6.45, 7) is 0.675. The van der Waals surface area contributed by atoms with E-state index >= 15 is 0 Å². The number of aromatic nitrogens is 3. The fraction of sp³-hybridized carbons (Fsp3) is 0.364. The van der Waals surface area contributed by atoms with Crippen LogP contribution in [0.2, 0.25) is 0 Å². The molecule has 0 atom stereocenters. The van der Waals surface area contributed by atoms with Gasteiger partial charge in [-0.3, -0.25) is 9.67 Å². The van der Waals surface area contributed by atoms with Crippen LogP contribution in [0, 0.1) is 0 Å². The van der Waals surface area contributed by atoms with Crippen LogP contribution in [-0.4, -0.2) is 43.9 Å². The molecule has 2 heterocycles. The summed E-state index contributed by atoms with van der Waals surface area (Å²) in [6, 6.07) is 10.3. The van der Waals surface area contributed by atoms with E-state index in [0.717, 1.165) is 37.1 Å². The van der Waals surface area contributed by atoms with Gasteiger partial charge in [0.2, 0.25) is 10.0 Å². The van der Waals surface area contributed by atoms with E-state index in [4.69, 9.17) is 14.6 Å². The summed E-state index contributed by atoms with van der Waals surface area (Å²) >= 11 is 0. The lowest BCUT2D eigenvalue weighted by atomic mass is 9.95. The lowest BCUT2D eigenvalue weighted by molar-refractivity contribution is 0.354. The summed E-state index contributed by atoms with van der Waals surface area (Å²) in [6.07, 6.45) is 5.92. The normalized spacial score (nSPS) is 13.6. The Labute approximate surface area is 182 Å². The van der Waals surface area contributed by atoms with Gasteiger partial charge in [-0.1, -0.05) is 6.07 Å². The maximum Gasteiger partial charge on any atom is 0.240 e. The lowest BCUT2D eigenvalue weighted by Gasteiger charge is -2.15. The number of hydrogen-bond donors (Lipinski definition) is 1. The van der Waals surface area contributed by atoms with Crippen molar-refractivity contribution in [1.82, 2.24) is 19.5 Å². The molecule has 8 nitrogen and oxygen atoms in total. The first-order valence-corrected chi connectivity index (χ1v) is 11.7. The number of rotatable bonds is 8. The first-order valence-electron chi connectivity index (χ1n) is 10.2. The number of benzene rings is 1. The zero-order valence-corrected chi connectivity index (χ0v) is 18.5. The van der Waals surface area contributed by atoms with E-state index in [1.807, 2.05) is 22.9 Å². The van der Waals surface area contributed by atoms with Gasteiger partial charge in [-0.2, -0.15) is 5.10 Å². The second-order valence-electron chi connectivity index (χ2n) is 7.33. The Hall–Kier alpha value is -2.91. The molecule has 1 aromatic carbocycles. The third kappa shape index (κ3) is 4.42. The highest BCUT2D eigenvalue weighted by Crippen LogP contribution is 2.31. The largest absolute Gasteiger partial charge is 0.493 e. The van der Waals surface area contributed by atoms with Crippen LogP contribution in [0.5, 0.6) is 11.5 Å². The second kappa shape index (κ2) is 9.07. The Kier molecular flexibility index (Phi) is 6.24. The van der Waals surface area contributed by atoms with Crippen LogP contribution in [0.4, 0.5) is 0 Å². The molecule has 1 N–H and O–H groups in total. The molecule has 0 saturated heterocycles. The Balaban J connectivity index is 1.52. The predicted octanol–water partition coefficient (Wildman–Crippen LogP) is 2.82. The van der Waals surface area contributed by atoms with Gasteiger partial charge in [0.15, 0.2) is 11.5 Å². The van der Waals surface area contributed by atoms with Crippen molar-refractivity contribution in [2.45, 2.75) is 37.1 Å². The van der Waals surface area contributed by atoms with Gasteiger partial charge in [-0.25, -0.2) is 13.1 Å². The van der Waals surface area contributed by atoms with Gasteiger partial charge in [-0.05, 0) is 49.9 Å². The number of pyridine rings is 1. The first-order chi connectivity index (χ1) is 15.0. The molecule has 0 saturated carbocycles. The van der Waals surface area contributed by atoms with E-state index < -0.39 is 10.0 Å². The molecule has 0 unspecified atom stereocenters. The molecular weight excluding hydrogens is 416 g/mol. The van der Waals surface area contributed by atoms with Crippen LogP contribution < -0.4 is 14.2 Å². The van der Waals surface area contributed by atoms with Crippen molar-refractivity contribution in [3.8, 4) is 22.9 Å². The van der Waals surface area contributed by atoms with Crippen LogP contribution in [-0.2, 0) is 29.4 Å². The number of hydrogen-bond acceptors (Lipinski definition) is 6. The number of nitrogens with one attached hydrogen (secondary N) is 1. The fourth-order valence-corrected chi connectivity index (χ4v) is 4.95. The SMILES string of the molecule is COc1ccc(S(=O)(=O)NCCn2nc(-c3ccccn3)c3c2CCCC3)cc1OC. The molecular formula is C22H26N4O4S. The van der Waals surface area contributed by atoms with Crippen molar-refractivity contribution < 1.29 is 17.9 Å². The van der Waals surface area contributed by atoms with Crippen LogP contribution in [0.3, 0.4) is 0 Å². The van der Waals surface area contributed by atoms with Gasteiger partial charge in [0.1, 0.15) is 5.69 Å². The fourth-order valence-electron chi connectivity index (χ4n) is 3.92. The van der Waals surface area contributed by atoms with Gasteiger partial charge in [0.25, 0.3) is 0 Å². The Morgan fingerprint density at radius 1 is 1.06 bits per heavy atom. The highest BCUT2D eigenvalue weighted by molar-refractivity contribution is 7.89. The van der Waals surface area contributed by atoms with Crippen molar-refractivity contribution >= 4 is 10.0 Å². The van der Waals surface area contributed by atoms with Crippen molar-refractivity contribution in [2.24, 2.45) is 0 Å². The minimum absolute atomic E-state index is 0.127.